The molecule has 1 aliphatic heterocycles. The fraction of sp³-hybridized carbons (Fsp3) is 0.333. The average molecular weight is 384 g/mol. The van der Waals surface area contributed by atoms with Crippen molar-refractivity contribution in [3.63, 3.8) is 0 Å². The van der Waals surface area contributed by atoms with Crippen molar-refractivity contribution in [2.75, 3.05) is 13.1 Å². The Kier molecular flexibility index (Phi) is 4.76. The lowest BCUT2D eigenvalue weighted by molar-refractivity contribution is 0.0995. The molecule has 1 fully saturated rings. The number of thiophene rings is 1. The average Bonchev–Trinajstić information content (AvgIpc) is 3.36. The number of amides is 3. The molecule has 0 aliphatic carbocycles. The molecule has 8 nitrogen and oxygen atoms in total. The van der Waals surface area contributed by atoms with Gasteiger partial charge in [0.2, 0.25) is 0 Å². The molecular formula is C18H20N6O2S. The van der Waals surface area contributed by atoms with Crippen molar-refractivity contribution in [2.24, 2.45) is 5.73 Å². The fourth-order valence-corrected chi connectivity index (χ4v) is 4.29. The first kappa shape index (κ1) is 17.5. The molecule has 0 spiro atoms. The van der Waals surface area contributed by atoms with Crippen LogP contribution >= 0.6 is 11.3 Å². The number of rotatable bonds is 4. The number of primary amides is 1. The Balaban J connectivity index is 1.32. The van der Waals surface area contributed by atoms with Crippen molar-refractivity contribution < 1.29 is 9.59 Å². The third-order valence-corrected chi connectivity index (χ3v) is 5.88. The lowest BCUT2D eigenvalue weighted by atomic mass is 10.1. The van der Waals surface area contributed by atoms with Crippen LogP contribution in [0.5, 0.6) is 0 Å². The molecule has 1 aliphatic rings. The van der Waals surface area contributed by atoms with Gasteiger partial charge in [-0.2, -0.15) is 0 Å². The van der Waals surface area contributed by atoms with Gasteiger partial charge in [-0.15, -0.1) is 16.4 Å². The quantitative estimate of drug-likeness (QED) is 0.719. The first-order chi connectivity index (χ1) is 13.1. The molecule has 0 unspecified atom stereocenters. The minimum absolute atomic E-state index is 0.0570. The van der Waals surface area contributed by atoms with Gasteiger partial charge in [0, 0.05) is 24.3 Å². The van der Waals surface area contributed by atoms with Crippen molar-refractivity contribution >= 4 is 33.4 Å². The monoisotopic (exact) mass is 384 g/mol. The molecule has 0 saturated carbocycles. The second-order valence-electron chi connectivity index (χ2n) is 6.58. The van der Waals surface area contributed by atoms with Crippen LogP contribution in [0.15, 0.2) is 35.8 Å². The first-order valence-electron chi connectivity index (χ1n) is 8.81. The second-order valence-corrected chi connectivity index (χ2v) is 7.50. The molecule has 4 rings (SSSR count). The molecule has 0 bridgehead atoms. The Morgan fingerprint density at radius 3 is 2.81 bits per heavy atom. The highest BCUT2D eigenvalue weighted by molar-refractivity contribution is 7.17. The van der Waals surface area contributed by atoms with Gasteiger partial charge < -0.3 is 16.0 Å². The topological polar surface area (TPSA) is 106 Å². The van der Waals surface area contributed by atoms with E-state index >= 15 is 0 Å². The van der Waals surface area contributed by atoms with Crippen LogP contribution < -0.4 is 11.1 Å². The molecule has 0 radical (unpaired) electrons. The van der Waals surface area contributed by atoms with Crippen LogP contribution in [0.2, 0.25) is 0 Å². The van der Waals surface area contributed by atoms with Crippen molar-refractivity contribution in [1.29, 1.82) is 0 Å². The molecule has 27 heavy (non-hydrogen) atoms. The van der Waals surface area contributed by atoms with Crippen molar-refractivity contribution in [3.05, 3.63) is 47.1 Å². The summed E-state index contributed by atoms with van der Waals surface area (Å²) in [6, 6.07) is 8.29. The summed E-state index contributed by atoms with van der Waals surface area (Å²) in [5.41, 5.74) is 6.51. The molecule has 1 saturated heterocycles. The number of hydrogen-bond donors (Lipinski definition) is 2. The highest BCUT2D eigenvalue weighted by Crippen LogP contribution is 2.25. The number of aromatic nitrogens is 3. The first-order valence-corrected chi connectivity index (χ1v) is 9.69. The predicted octanol–water partition coefficient (Wildman–Crippen LogP) is 2.14. The van der Waals surface area contributed by atoms with Gasteiger partial charge in [-0.25, -0.2) is 9.48 Å². The van der Waals surface area contributed by atoms with E-state index in [0.717, 1.165) is 18.4 Å². The lowest BCUT2D eigenvalue weighted by Crippen LogP contribution is -2.44. The maximum atomic E-state index is 12.5. The Morgan fingerprint density at radius 2 is 2.07 bits per heavy atom. The van der Waals surface area contributed by atoms with Gasteiger partial charge in [-0.3, -0.25) is 4.79 Å². The largest absolute Gasteiger partial charge is 0.364 e. The molecule has 3 aromatic rings. The van der Waals surface area contributed by atoms with Crippen molar-refractivity contribution in [2.45, 2.75) is 25.4 Å². The van der Waals surface area contributed by atoms with Crippen LogP contribution in [-0.2, 0) is 6.54 Å². The number of nitrogens with one attached hydrogen (secondary N) is 1. The van der Waals surface area contributed by atoms with E-state index < -0.39 is 5.91 Å². The van der Waals surface area contributed by atoms with E-state index in [1.54, 1.807) is 22.2 Å². The van der Waals surface area contributed by atoms with Gasteiger partial charge in [0.15, 0.2) is 5.69 Å². The summed E-state index contributed by atoms with van der Waals surface area (Å²) >= 11 is 1.69. The maximum Gasteiger partial charge on any atom is 0.317 e. The summed E-state index contributed by atoms with van der Waals surface area (Å²) in [6.07, 6.45) is 3.09. The molecular weight excluding hydrogens is 364 g/mol. The number of carbonyl (C=O) groups excluding carboxylic acids is 2. The summed E-state index contributed by atoms with van der Waals surface area (Å²) in [4.78, 5) is 25.5. The number of urea groups is 1. The smallest absolute Gasteiger partial charge is 0.317 e. The number of fused-ring (bicyclic) bond motifs is 1. The Morgan fingerprint density at radius 1 is 1.26 bits per heavy atom. The number of nitrogens with two attached hydrogens (primary N) is 1. The van der Waals surface area contributed by atoms with Gasteiger partial charge in [0.05, 0.1) is 12.2 Å². The van der Waals surface area contributed by atoms with E-state index in [-0.39, 0.29) is 17.8 Å². The van der Waals surface area contributed by atoms with Gasteiger partial charge in [0.25, 0.3) is 5.91 Å². The normalized spacial score (nSPS) is 15.2. The van der Waals surface area contributed by atoms with Crippen LogP contribution in [0, 0.1) is 0 Å². The van der Waals surface area contributed by atoms with Gasteiger partial charge >= 0.3 is 6.03 Å². The summed E-state index contributed by atoms with van der Waals surface area (Å²) in [6.45, 7) is 1.78. The van der Waals surface area contributed by atoms with Crippen LogP contribution in [0.1, 0.15) is 34.9 Å². The third kappa shape index (κ3) is 3.63. The summed E-state index contributed by atoms with van der Waals surface area (Å²) < 4.78 is 2.89. The molecule has 0 atom stereocenters. The minimum Gasteiger partial charge on any atom is -0.364 e. The molecule has 1 aromatic carbocycles. The second kappa shape index (κ2) is 7.36. The lowest BCUT2D eigenvalue weighted by Gasteiger charge is -2.31. The Bertz CT molecular complexity index is 973. The summed E-state index contributed by atoms with van der Waals surface area (Å²) in [5.74, 6) is -0.584. The minimum atomic E-state index is -0.584. The van der Waals surface area contributed by atoms with Gasteiger partial charge in [-0.1, -0.05) is 23.4 Å². The molecule has 9 heteroatoms. The Hall–Kier alpha value is -2.94. The Labute approximate surface area is 159 Å². The third-order valence-electron chi connectivity index (χ3n) is 4.88. The molecule has 3 heterocycles. The van der Waals surface area contributed by atoms with E-state index in [1.165, 1.54) is 10.1 Å². The van der Waals surface area contributed by atoms with E-state index in [1.807, 2.05) is 17.0 Å². The van der Waals surface area contributed by atoms with E-state index in [9.17, 15) is 9.59 Å². The van der Waals surface area contributed by atoms with Gasteiger partial charge in [0.1, 0.15) is 0 Å². The van der Waals surface area contributed by atoms with Crippen LogP contribution in [0.4, 0.5) is 4.79 Å². The summed E-state index contributed by atoms with van der Waals surface area (Å²) in [5, 5.41) is 14.0. The van der Waals surface area contributed by atoms with E-state index in [2.05, 4.69) is 33.1 Å². The van der Waals surface area contributed by atoms with Crippen LogP contribution in [-0.4, -0.2) is 44.9 Å². The molecule has 3 amide bonds. The van der Waals surface area contributed by atoms with Crippen molar-refractivity contribution in [1.82, 2.24) is 25.2 Å². The zero-order valence-corrected chi connectivity index (χ0v) is 15.5. The standard InChI is InChI=1S/C18H20N6O2S/c19-17(25)15-11-24(22-21-15)14-4-7-23(8-5-14)18(26)20-10-13-3-1-2-12-6-9-27-16(12)13/h1-3,6,9,11,14H,4-5,7-8,10H2,(H2,19,25)(H,20,26). The number of piperidine rings is 1. The fourth-order valence-electron chi connectivity index (χ4n) is 3.38. The SMILES string of the molecule is NC(=O)c1cn(C2CCN(C(=O)NCc3cccc4ccsc34)CC2)nn1. The summed E-state index contributed by atoms with van der Waals surface area (Å²) in [7, 11) is 0. The highest BCUT2D eigenvalue weighted by Gasteiger charge is 2.25. The van der Waals surface area contributed by atoms with Crippen LogP contribution in [0.25, 0.3) is 10.1 Å². The molecule has 2 aromatic heterocycles. The maximum absolute atomic E-state index is 12.5. The highest BCUT2D eigenvalue weighted by atomic mass is 32.1. The zero-order chi connectivity index (χ0) is 18.8. The van der Waals surface area contributed by atoms with E-state index in [4.69, 9.17) is 5.73 Å². The molecule has 140 valence electrons. The number of hydrogen-bond acceptors (Lipinski definition) is 5. The number of likely N-dealkylation sites (tertiary alicyclic amines) is 1. The molecule has 3 N–H and O–H groups in total. The number of nitrogens with zero attached hydrogens (tertiary/aromatic N) is 4. The number of benzene rings is 1. The van der Waals surface area contributed by atoms with Gasteiger partial charge in [-0.05, 0) is 35.2 Å². The zero-order valence-electron chi connectivity index (χ0n) is 14.7. The van der Waals surface area contributed by atoms with E-state index in [0.29, 0.717) is 19.6 Å². The van der Waals surface area contributed by atoms with Crippen molar-refractivity contribution in [3.8, 4) is 0 Å². The predicted molar refractivity (Wildman–Crippen MR) is 102 cm³/mol. The van der Waals surface area contributed by atoms with Crippen LogP contribution in [0.3, 0.4) is 0 Å². The number of carbonyl (C=O) groups is 2.